The predicted molar refractivity (Wildman–Crippen MR) is 68.7 cm³/mol. The van der Waals surface area contributed by atoms with Gasteiger partial charge in [-0.3, -0.25) is 14.9 Å². The number of hydrogen-bond donors (Lipinski definition) is 2. The van der Waals surface area contributed by atoms with Gasteiger partial charge in [0.05, 0.1) is 22.4 Å². The number of rotatable bonds is 5. The summed E-state index contributed by atoms with van der Waals surface area (Å²) >= 11 is 0. The second-order valence-corrected chi connectivity index (χ2v) is 3.94. The van der Waals surface area contributed by atoms with Gasteiger partial charge in [0.2, 0.25) is 5.91 Å². The summed E-state index contributed by atoms with van der Waals surface area (Å²) in [6.45, 7) is -0.193. The normalized spacial score (nSPS) is 10.1. The number of anilines is 1. The van der Waals surface area contributed by atoms with Crippen LogP contribution in [0.5, 0.6) is 0 Å². The Morgan fingerprint density at radius 1 is 1.43 bits per heavy atom. The number of nitro benzene ring substituents is 1. The molecule has 21 heavy (non-hydrogen) atoms. The molecule has 0 bridgehead atoms. The van der Waals surface area contributed by atoms with Crippen LogP contribution in [0.2, 0.25) is 0 Å². The molecule has 0 atom stereocenters. The molecule has 1 aromatic heterocycles. The van der Waals surface area contributed by atoms with Gasteiger partial charge in [-0.2, -0.15) is 0 Å². The van der Waals surface area contributed by atoms with E-state index >= 15 is 0 Å². The van der Waals surface area contributed by atoms with E-state index in [4.69, 9.17) is 5.11 Å². The summed E-state index contributed by atoms with van der Waals surface area (Å²) in [6.07, 6.45) is 2.83. The Labute approximate surface area is 117 Å². The smallest absolute Gasteiger partial charge is 0.337 e. The van der Waals surface area contributed by atoms with Gasteiger partial charge in [0.1, 0.15) is 6.54 Å². The highest BCUT2D eigenvalue weighted by atomic mass is 16.6. The van der Waals surface area contributed by atoms with E-state index in [1.165, 1.54) is 17.1 Å². The van der Waals surface area contributed by atoms with E-state index < -0.39 is 16.8 Å². The topological polar surface area (TPSA) is 140 Å². The third-order valence-corrected chi connectivity index (χ3v) is 2.50. The fourth-order valence-electron chi connectivity index (χ4n) is 1.59. The Hall–Kier alpha value is -3.30. The third-order valence-electron chi connectivity index (χ3n) is 2.50. The predicted octanol–water partition coefficient (Wildman–Crippen LogP) is 0.523. The third kappa shape index (κ3) is 3.37. The molecule has 0 saturated heterocycles. The zero-order valence-corrected chi connectivity index (χ0v) is 10.5. The van der Waals surface area contributed by atoms with E-state index in [-0.39, 0.29) is 23.5 Å². The standard InChI is InChI=1S/C11H9N5O5/c17-10(6-15-4-3-12-14-15)13-9-5-7(16(20)21)1-2-8(9)11(18)19/h1-5H,6H2,(H,13,17)(H,18,19). The summed E-state index contributed by atoms with van der Waals surface area (Å²) in [7, 11) is 0. The van der Waals surface area contributed by atoms with Gasteiger partial charge in [0.25, 0.3) is 5.69 Å². The molecule has 0 unspecified atom stereocenters. The monoisotopic (exact) mass is 291 g/mol. The van der Waals surface area contributed by atoms with E-state index in [2.05, 4.69) is 15.6 Å². The van der Waals surface area contributed by atoms with Crippen LogP contribution in [0.25, 0.3) is 0 Å². The number of amides is 1. The minimum Gasteiger partial charge on any atom is -0.478 e. The lowest BCUT2D eigenvalue weighted by molar-refractivity contribution is -0.384. The summed E-state index contributed by atoms with van der Waals surface area (Å²) in [4.78, 5) is 32.8. The molecule has 0 radical (unpaired) electrons. The molecule has 1 heterocycles. The van der Waals surface area contributed by atoms with Gasteiger partial charge in [-0.25, -0.2) is 9.48 Å². The molecule has 1 amide bonds. The van der Waals surface area contributed by atoms with Gasteiger partial charge < -0.3 is 10.4 Å². The molecule has 0 aliphatic rings. The molecule has 2 aromatic rings. The van der Waals surface area contributed by atoms with Crippen molar-refractivity contribution < 1.29 is 19.6 Å². The molecular formula is C11H9N5O5. The number of aromatic carboxylic acids is 1. The van der Waals surface area contributed by atoms with Crippen LogP contribution in [0.4, 0.5) is 11.4 Å². The molecular weight excluding hydrogens is 282 g/mol. The van der Waals surface area contributed by atoms with E-state index in [1.807, 2.05) is 0 Å². The second kappa shape index (κ2) is 5.77. The summed E-state index contributed by atoms with van der Waals surface area (Å²) in [5.74, 6) is -1.88. The minimum atomic E-state index is -1.30. The number of aromatic nitrogens is 3. The number of carbonyl (C=O) groups is 2. The Kier molecular flexibility index (Phi) is 3.88. The average molecular weight is 291 g/mol. The maximum atomic E-state index is 11.8. The zero-order valence-electron chi connectivity index (χ0n) is 10.5. The molecule has 0 saturated carbocycles. The molecule has 108 valence electrons. The highest BCUT2D eigenvalue weighted by Crippen LogP contribution is 2.22. The first kappa shape index (κ1) is 14.1. The van der Waals surface area contributed by atoms with Gasteiger partial charge in [-0.05, 0) is 6.07 Å². The van der Waals surface area contributed by atoms with Crippen LogP contribution in [0, 0.1) is 10.1 Å². The lowest BCUT2D eigenvalue weighted by Crippen LogP contribution is -2.20. The van der Waals surface area contributed by atoms with Crippen LogP contribution in [0.3, 0.4) is 0 Å². The Balaban J connectivity index is 2.24. The van der Waals surface area contributed by atoms with Crippen LogP contribution in [-0.2, 0) is 11.3 Å². The summed E-state index contributed by atoms with van der Waals surface area (Å²) in [5.41, 5.74) is -0.717. The number of nitrogens with zero attached hydrogens (tertiary/aromatic N) is 4. The van der Waals surface area contributed by atoms with Gasteiger partial charge in [0.15, 0.2) is 0 Å². The van der Waals surface area contributed by atoms with E-state index in [1.54, 1.807) is 0 Å². The van der Waals surface area contributed by atoms with Crippen molar-refractivity contribution in [3.63, 3.8) is 0 Å². The SMILES string of the molecule is O=C(Cn1ccnn1)Nc1cc([N+](=O)[O-])ccc1C(=O)O. The number of carboxylic acids is 1. The first-order valence-electron chi connectivity index (χ1n) is 5.63. The van der Waals surface area contributed by atoms with Crippen molar-refractivity contribution in [2.24, 2.45) is 0 Å². The van der Waals surface area contributed by atoms with Gasteiger partial charge >= 0.3 is 5.97 Å². The summed E-state index contributed by atoms with van der Waals surface area (Å²) in [5, 5.41) is 29.1. The minimum absolute atomic E-state index is 0.151. The lowest BCUT2D eigenvalue weighted by atomic mass is 10.1. The Bertz CT molecular complexity index is 697. The van der Waals surface area contributed by atoms with Crippen LogP contribution < -0.4 is 5.32 Å². The molecule has 1 aromatic carbocycles. The number of benzene rings is 1. The van der Waals surface area contributed by atoms with Crippen molar-refractivity contribution in [2.45, 2.75) is 6.54 Å². The number of hydrogen-bond acceptors (Lipinski definition) is 6. The summed E-state index contributed by atoms with van der Waals surface area (Å²) < 4.78 is 1.23. The summed E-state index contributed by atoms with van der Waals surface area (Å²) in [6, 6.07) is 3.10. The van der Waals surface area contributed by atoms with E-state index in [9.17, 15) is 19.7 Å². The van der Waals surface area contributed by atoms with Crippen LogP contribution in [0.15, 0.2) is 30.6 Å². The average Bonchev–Trinajstić information content (AvgIpc) is 2.90. The number of nitrogens with one attached hydrogen (secondary N) is 1. The fourth-order valence-corrected chi connectivity index (χ4v) is 1.59. The fraction of sp³-hybridized carbons (Fsp3) is 0.0909. The molecule has 10 heteroatoms. The molecule has 0 aliphatic carbocycles. The van der Waals surface area contributed by atoms with Crippen LogP contribution in [0.1, 0.15) is 10.4 Å². The lowest BCUT2D eigenvalue weighted by Gasteiger charge is -2.08. The maximum absolute atomic E-state index is 11.8. The van der Waals surface area contributed by atoms with Gasteiger partial charge in [-0.15, -0.1) is 5.10 Å². The Morgan fingerprint density at radius 2 is 2.19 bits per heavy atom. The maximum Gasteiger partial charge on any atom is 0.337 e. The quantitative estimate of drug-likeness (QED) is 0.604. The molecule has 0 aliphatic heterocycles. The molecule has 2 rings (SSSR count). The van der Waals surface area contributed by atoms with E-state index in [0.29, 0.717) is 0 Å². The van der Waals surface area contributed by atoms with Gasteiger partial charge in [-0.1, -0.05) is 5.21 Å². The van der Waals surface area contributed by atoms with Crippen LogP contribution in [-0.4, -0.2) is 36.9 Å². The van der Waals surface area contributed by atoms with E-state index in [0.717, 1.165) is 18.2 Å². The van der Waals surface area contributed by atoms with Crippen molar-refractivity contribution >= 4 is 23.3 Å². The van der Waals surface area contributed by atoms with Crippen molar-refractivity contribution in [1.82, 2.24) is 15.0 Å². The second-order valence-electron chi connectivity index (χ2n) is 3.94. The zero-order chi connectivity index (χ0) is 15.4. The number of non-ortho nitro benzene ring substituents is 1. The molecule has 2 N–H and O–H groups in total. The van der Waals surface area contributed by atoms with Crippen LogP contribution >= 0.6 is 0 Å². The Morgan fingerprint density at radius 3 is 2.76 bits per heavy atom. The van der Waals surface area contributed by atoms with Crippen molar-refractivity contribution in [1.29, 1.82) is 0 Å². The van der Waals surface area contributed by atoms with Crippen molar-refractivity contribution in [3.05, 3.63) is 46.3 Å². The molecule has 0 spiro atoms. The number of carboxylic acid groups (broad SMARTS) is 1. The van der Waals surface area contributed by atoms with Crippen molar-refractivity contribution in [2.75, 3.05) is 5.32 Å². The largest absolute Gasteiger partial charge is 0.478 e. The highest BCUT2D eigenvalue weighted by Gasteiger charge is 2.17. The number of carbonyl (C=O) groups excluding carboxylic acids is 1. The molecule has 0 fully saturated rings. The molecule has 10 nitrogen and oxygen atoms in total. The number of nitro groups is 1. The van der Waals surface area contributed by atoms with Crippen molar-refractivity contribution in [3.8, 4) is 0 Å². The van der Waals surface area contributed by atoms with Gasteiger partial charge in [0, 0.05) is 18.3 Å². The highest BCUT2D eigenvalue weighted by molar-refractivity contribution is 6.00. The first-order chi connectivity index (χ1) is 9.97. The first-order valence-corrected chi connectivity index (χ1v) is 5.63.